The Kier molecular flexibility index (Phi) is 5.98. The maximum absolute atomic E-state index is 6.06. The second kappa shape index (κ2) is 8.66. The van der Waals surface area contributed by atoms with Gasteiger partial charge in [0.2, 0.25) is 0 Å². The van der Waals surface area contributed by atoms with Crippen molar-refractivity contribution >= 4 is 23.3 Å². The van der Waals surface area contributed by atoms with Crippen molar-refractivity contribution in [3.8, 4) is 0 Å². The topological polar surface area (TPSA) is 41.6 Å². The monoisotopic (exact) mass is 415 g/mol. The number of nitrogens with two attached hydrogens (primary N) is 1. The van der Waals surface area contributed by atoms with Crippen molar-refractivity contribution in [2.75, 3.05) is 13.1 Å². The van der Waals surface area contributed by atoms with Crippen molar-refractivity contribution in [2.45, 2.75) is 31.6 Å². The molecule has 2 N–H and O–H groups in total. The summed E-state index contributed by atoms with van der Waals surface area (Å²) in [5.41, 5.74) is 12.9. The normalized spacial score (nSPS) is 24.5. The highest BCUT2D eigenvalue weighted by molar-refractivity contribution is 7.97. The fourth-order valence-electron chi connectivity index (χ4n) is 4.24. The molecule has 0 bridgehead atoms. The lowest BCUT2D eigenvalue weighted by atomic mass is 9.67. The minimum absolute atomic E-state index is 0.0907. The third kappa shape index (κ3) is 4.30. The van der Waals surface area contributed by atoms with Gasteiger partial charge in [0.1, 0.15) is 0 Å². The van der Waals surface area contributed by atoms with Crippen LogP contribution >= 0.6 is 11.9 Å². The quantitative estimate of drug-likeness (QED) is 0.482. The Morgan fingerprint density at radius 3 is 2.63 bits per heavy atom. The van der Waals surface area contributed by atoms with Crippen molar-refractivity contribution in [1.29, 1.82) is 0 Å². The maximum atomic E-state index is 6.06. The molecule has 1 atom stereocenters. The van der Waals surface area contributed by atoms with E-state index in [1.165, 1.54) is 21.6 Å². The number of fused-ring (bicyclic) bond motifs is 1. The van der Waals surface area contributed by atoms with E-state index in [1.807, 2.05) is 11.9 Å². The average Bonchev–Trinajstić information content (AvgIpc) is 2.75. The molecular formula is C26H29N3S. The molecule has 2 aromatic carbocycles. The SMILES string of the molecule is C=CC12CC(=CN)C(=Nc3ccc(C)cc3)C=C1CCN(Sc1cccc(C)c1)C2. The Hall–Kier alpha value is -2.56. The summed E-state index contributed by atoms with van der Waals surface area (Å²) >= 11 is 1.84. The summed E-state index contributed by atoms with van der Waals surface area (Å²) in [5.74, 6) is 0. The number of nitrogens with zero attached hydrogens (tertiary/aromatic N) is 2. The first-order chi connectivity index (χ1) is 14.5. The van der Waals surface area contributed by atoms with Crippen LogP contribution in [-0.4, -0.2) is 23.1 Å². The number of benzene rings is 2. The van der Waals surface area contributed by atoms with Crippen molar-refractivity contribution in [1.82, 2.24) is 4.31 Å². The molecule has 0 radical (unpaired) electrons. The van der Waals surface area contributed by atoms with Gasteiger partial charge in [-0.25, -0.2) is 9.30 Å². The van der Waals surface area contributed by atoms with Gasteiger partial charge < -0.3 is 5.73 Å². The summed E-state index contributed by atoms with van der Waals surface area (Å²) in [6, 6.07) is 17.0. The number of piperidine rings is 1. The highest BCUT2D eigenvalue weighted by Gasteiger charge is 2.41. The van der Waals surface area contributed by atoms with Gasteiger partial charge in [-0.05, 0) is 86.3 Å². The molecule has 1 unspecified atom stereocenters. The van der Waals surface area contributed by atoms with Gasteiger partial charge in [-0.1, -0.05) is 41.5 Å². The third-order valence-electron chi connectivity index (χ3n) is 5.97. The standard InChI is InChI=1S/C26H29N3S/c1-4-26-16-21(17-27)25(28-23-10-8-19(2)9-11-23)15-22(26)12-13-29(18-26)30-24-7-5-6-20(3)14-24/h4-11,14-15,17H,1,12-13,16,18,27H2,2-3H3. The lowest BCUT2D eigenvalue weighted by Crippen LogP contribution is -2.43. The summed E-state index contributed by atoms with van der Waals surface area (Å²) in [6.07, 6.45) is 7.94. The molecule has 0 spiro atoms. The molecule has 2 aromatic rings. The van der Waals surface area contributed by atoms with Crippen LogP contribution in [0.3, 0.4) is 0 Å². The first kappa shape index (κ1) is 20.7. The van der Waals surface area contributed by atoms with Gasteiger partial charge in [0, 0.05) is 23.4 Å². The van der Waals surface area contributed by atoms with Gasteiger partial charge in [0.15, 0.2) is 0 Å². The average molecular weight is 416 g/mol. The number of allylic oxidation sites excluding steroid dienone is 2. The highest BCUT2D eigenvalue weighted by Crippen LogP contribution is 2.47. The van der Waals surface area contributed by atoms with Gasteiger partial charge in [0.25, 0.3) is 0 Å². The van der Waals surface area contributed by atoms with E-state index in [1.54, 1.807) is 6.20 Å². The maximum Gasteiger partial charge on any atom is 0.0683 e. The van der Waals surface area contributed by atoms with Crippen LogP contribution in [0.5, 0.6) is 0 Å². The van der Waals surface area contributed by atoms with Gasteiger partial charge >= 0.3 is 0 Å². The fraction of sp³-hybridized carbons (Fsp3) is 0.269. The summed E-state index contributed by atoms with van der Waals surface area (Å²) in [6.45, 7) is 10.4. The molecule has 1 aliphatic heterocycles. The Morgan fingerprint density at radius 2 is 1.93 bits per heavy atom. The van der Waals surface area contributed by atoms with Crippen LogP contribution in [0.25, 0.3) is 0 Å². The fourth-order valence-corrected chi connectivity index (χ4v) is 5.39. The summed E-state index contributed by atoms with van der Waals surface area (Å²) in [5, 5.41) is 0. The summed E-state index contributed by atoms with van der Waals surface area (Å²) in [4.78, 5) is 6.19. The molecule has 3 nitrogen and oxygen atoms in total. The van der Waals surface area contributed by atoms with E-state index in [9.17, 15) is 0 Å². The van der Waals surface area contributed by atoms with E-state index < -0.39 is 0 Å². The van der Waals surface area contributed by atoms with Crippen LogP contribution in [0.4, 0.5) is 5.69 Å². The molecule has 30 heavy (non-hydrogen) atoms. The number of aliphatic imine (C=N–C) groups is 1. The molecule has 0 saturated carbocycles. The van der Waals surface area contributed by atoms with E-state index in [0.29, 0.717) is 0 Å². The smallest absolute Gasteiger partial charge is 0.0683 e. The summed E-state index contributed by atoms with van der Waals surface area (Å²) in [7, 11) is 0. The molecule has 154 valence electrons. The Morgan fingerprint density at radius 1 is 1.13 bits per heavy atom. The Labute approximate surface area is 184 Å². The molecular weight excluding hydrogens is 386 g/mol. The molecule has 2 aliphatic rings. The molecule has 0 amide bonds. The lowest BCUT2D eigenvalue weighted by Gasteiger charge is -2.45. The Bertz CT molecular complexity index is 1030. The highest BCUT2D eigenvalue weighted by atomic mass is 32.2. The largest absolute Gasteiger partial charge is 0.404 e. The molecule has 1 fully saturated rings. The molecule has 4 rings (SSSR count). The van der Waals surface area contributed by atoms with Crippen molar-refractivity contribution in [2.24, 2.45) is 16.1 Å². The number of aryl methyl sites for hydroxylation is 2. The van der Waals surface area contributed by atoms with Crippen LogP contribution in [0.2, 0.25) is 0 Å². The van der Waals surface area contributed by atoms with Crippen LogP contribution in [0, 0.1) is 19.3 Å². The third-order valence-corrected chi connectivity index (χ3v) is 7.01. The number of hydrogen-bond donors (Lipinski definition) is 1. The van der Waals surface area contributed by atoms with Crippen molar-refractivity contribution in [3.63, 3.8) is 0 Å². The zero-order valence-corrected chi connectivity index (χ0v) is 18.6. The van der Waals surface area contributed by atoms with Crippen molar-refractivity contribution < 1.29 is 0 Å². The molecule has 4 heteroatoms. The van der Waals surface area contributed by atoms with E-state index in [4.69, 9.17) is 10.7 Å². The van der Waals surface area contributed by atoms with Crippen molar-refractivity contribution in [3.05, 3.63) is 95.7 Å². The van der Waals surface area contributed by atoms with Gasteiger partial charge in [-0.2, -0.15) is 0 Å². The second-order valence-corrected chi connectivity index (χ2v) is 9.42. The van der Waals surface area contributed by atoms with Crippen LogP contribution in [0.1, 0.15) is 24.0 Å². The molecule has 0 aromatic heterocycles. The van der Waals surface area contributed by atoms with Crippen LogP contribution < -0.4 is 5.73 Å². The van der Waals surface area contributed by atoms with E-state index in [0.717, 1.165) is 42.9 Å². The molecule has 1 saturated heterocycles. The predicted molar refractivity (Wildman–Crippen MR) is 129 cm³/mol. The van der Waals surface area contributed by atoms with Crippen LogP contribution in [0.15, 0.2) is 94.5 Å². The number of hydrogen-bond acceptors (Lipinski definition) is 4. The van der Waals surface area contributed by atoms with E-state index in [-0.39, 0.29) is 5.41 Å². The first-order valence-electron chi connectivity index (χ1n) is 10.4. The Balaban J connectivity index is 1.61. The van der Waals surface area contributed by atoms with Gasteiger partial charge in [-0.15, -0.1) is 6.58 Å². The first-order valence-corrected chi connectivity index (χ1v) is 11.2. The molecule has 1 heterocycles. The summed E-state index contributed by atoms with van der Waals surface area (Å²) < 4.78 is 2.46. The minimum atomic E-state index is -0.0907. The lowest BCUT2D eigenvalue weighted by molar-refractivity contribution is 0.278. The molecule has 1 aliphatic carbocycles. The predicted octanol–water partition coefficient (Wildman–Crippen LogP) is 6.13. The zero-order valence-electron chi connectivity index (χ0n) is 17.8. The second-order valence-electron chi connectivity index (χ2n) is 8.25. The van der Waals surface area contributed by atoms with E-state index in [2.05, 4.69) is 85.4 Å². The van der Waals surface area contributed by atoms with Gasteiger partial charge in [0.05, 0.1) is 11.4 Å². The minimum Gasteiger partial charge on any atom is -0.404 e. The number of rotatable bonds is 4. The van der Waals surface area contributed by atoms with Gasteiger partial charge in [-0.3, -0.25) is 0 Å². The van der Waals surface area contributed by atoms with Crippen LogP contribution in [-0.2, 0) is 0 Å². The zero-order chi connectivity index (χ0) is 21.1. The van der Waals surface area contributed by atoms with E-state index >= 15 is 0 Å².